The number of carbonyl (C=O) groups is 3. The molecule has 4 N–H and O–H groups in total. The van der Waals surface area contributed by atoms with E-state index in [1.807, 2.05) is 31.2 Å². The number of amides is 2. The van der Waals surface area contributed by atoms with Gasteiger partial charge in [0.15, 0.2) is 0 Å². The summed E-state index contributed by atoms with van der Waals surface area (Å²) in [6.45, 7) is 7.77. The lowest BCUT2D eigenvalue weighted by atomic mass is 9.94. The van der Waals surface area contributed by atoms with E-state index < -0.39 is 28.5 Å². The molecule has 8 nitrogen and oxygen atoms in total. The Labute approximate surface area is 181 Å². The highest BCUT2D eigenvalue weighted by atomic mass is 32.2. The lowest BCUT2D eigenvalue weighted by Crippen LogP contribution is -2.33. The molecule has 0 aliphatic heterocycles. The van der Waals surface area contributed by atoms with Crippen LogP contribution in [0.1, 0.15) is 51.7 Å². The van der Waals surface area contributed by atoms with Crippen molar-refractivity contribution in [2.45, 2.75) is 63.9 Å². The fourth-order valence-corrected chi connectivity index (χ4v) is 4.07. The van der Waals surface area contributed by atoms with Gasteiger partial charge in [0.05, 0.1) is 6.42 Å². The SMILES string of the molecule is CC(C)(C)OC(=O)NCCCSC(C)(CC(=O)O)Cc1ccccc1COC(N)=O. The summed E-state index contributed by atoms with van der Waals surface area (Å²) in [5, 5.41) is 12.1. The zero-order valence-corrected chi connectivity index (χ0v) is 18.8. The molecule has 0 heterocycles. The van der Waals surface area contributed by atoms with Gasteiger partial charge in [0.1, 0.15) is 12.2 Å². The van der Waals surface area contributed by atoms with Crippen molar-refractivity contribution < 1.29 is 29.0 Å². The Morgan fingerprint density at radius 3 is 2.33 bits per heavy atom. The van der Waals surface area contributed by atoms with Gasteiger partial charge in [-0.25, -0.2) is 9.59 Å². The van der Waals surface area contributed by atoms with Gasteiger partial charge in [0.25, 0.3) is 0 Å². The van der Waals surface area contributed by atoms with Crippen LogP contribution < -0.4 is 11.1 Å². The number of hydrogen-bond acceptors (Lipinski definition) is 6. The van der Waals surface area contributed by atoms with E-state index in [9.17, 15) is 19.5 Å². The Kier molecular flexibility index (Phi) is 9.98. The molecular formula is C21H32N2O6S. The summed E-state index contributed by atoms with van der Waals surface area (Å²) in [5.74, 6) is -0.220. The summed E-state index contributed by atoms with van der Waals surface area (Å²) < 4.78 is 9.52. The number of rotatable bonds is 11. The minimum Gasteiger partial charge on any atom is -0.481 e. The number of nitrogens with one attached hydrogen (secondary N) is 1. The first-order chi connectivity index (χ1) is 13.9. The number of carboxylic acid groups (broad SMARTS) is 1. The zero-order chi connectivity index (χ0) is 22.8. The second-order valence-corrected chi connectivity index (χ2v) is 9.89. The van der Waals surface area contributed by atoms with Crippen molar-refractivity contribution in [3.63, 3.8) is 0 Å². The van der Waals surface area contributed by atoms with Crippen LogP contribution in [0.4, 0.5) is 9.59 Å². The maximum Gasteiger partial charge on any atom is 0.407 e. The van der Waals surface area contributed by atoms with Gasteiger partial charge in [0, 0.05) is 11.3 Å². The average molecular weight is 441 g/mol. The quantitative estimate of drug-likeness (QED) is 0.448. The fourth-order valence-electron chi connectivity index (χ4n) is 2.80. The van der Waals surface area contributed by atoms with Crippen molar-refractivity contribution in [3.8, 4) is 0 Å². The normalized spacial score (nSPS) is 13.2. The monoisotopic (exact) mass is 440 g/mol. The third-order valence-electron chi connectivity index (χ3n) is 4.02. The molecule has 1 aromatic carbocycles. The first kappa shape index (κ1) is 25.6. The van der Waals surface area contributed by atoms with Crippen LogP contribution in [0.2, 0.25) is 0 Å². The minimum atomic E-state index is -0.886. The number of carboxylic acids is 1. The predicted molar refractivity (Wildman–Crippen MR) is 116 cm³/mol. The molecule has 0 aliphatic carbocycles. The van der Waals surface area contributed by atoms with Gasteiger partial charge in [-0.05, 0) is 57.4 Å². The number of thioether (sulfide) groups is 1. The molecule has 1 unspecified atom stereocenters. The van der Waals surface area contributed by atoms with Gasteiger partial charge >= 0.3 is 18.2 Å². The van der Waals surface area contributed by atoms with Crippen molar-refractivity contribution in [1.29, 1.82) is 0 Å². The summed E-state index contributed by atoms with van der Waals surface area (Å²) in [6, 6.07) is 7.41. The third kappa shape index (κ3) is 10.9. The second-order valence-electron chi connectivity index (χ2n) is 8.20. The predicted octanol–water partition coefficient (Wildman–Crippen LogP) is 3.71. The number of hydrogen-bond donors (Lipinski definition) is 3. The lowest BCUT2D eigenvalue weighted by molar-refractivity contribution is -0.137. The van der Waals surface area contributed by atoms with Crippen LogP contribution in [0, 0.1) is 0 Å². The minimum absolute atomic E-state index is 0.0256. The van der Waals surface area contributed by atoms with Gasteiger partial charge in [-0.3, -0.25) is 4.79 Å². The summed E-state index contributed by atoms with van der Waals surface area (Å²) >= 11 is 1.54. The molecule has 1 rings (SSSR count). The smallest absolute Gasteiger partial charge is 0.407 e. The largest absolute Gasteiger partial charge is 0.481 e. The van der Waals surface area contributed by atoms with E-state index in [-0.39, 0.29) is 13.0 Å². The lowest BCUT2D eigenvalue weighted by Gasteiger charge is -2.28. The van der Waals surface area contributed by atoms with E-state index in [1.54, 1.807) is 20.8 Å². The Morgan fingerprint density at radius 2 is 1.77 bits per heavy atom. The highest BCUT2D eigenvalue weighted by molar-refractivity contribution is 8.00. The van der Waals surface area contributed by atoms with E-state index in [1.165, 1.54) is 11.8 Å². The Hall–Kier alpha value is -2.42. The number of benzene rings is 1. The molecule has 30 heavy (non-hydrogen) atoms. The third-order valence-corrected chi connectivity index (χ3v) is 5.50. The van der Waals surface area contributed by atoms with Crippen molar-refractivity contribution in [2.24, 2.45) is 5.73 Å². The molecule has 0 aliphatic rings. The standard InChI is InChI=1S/C21H32N2O6S/c1-20(2,3)29-19(27)23-10-7-11-30-21(4,13-17(24)25)12-15-8-5-6-9-16(15)14-28-18(22)26/h5-6,8-9H,7,10-14H2,1-4H3,(H2,22,26)(H,23,27)(H,24,25). The molecule has 0 fully saturated rings. The summed E-state index contributed by atoms with van der Waals surface area (Å²) in [7, 11) is 0. The van der Waals surface area contributed by atoms with Crippen LogP contribution in [-0.2, 0) is 27.3 Å². The molecule has 0 bridgehead atoms. The van der Waals surface area contributed by atoms with Crippen LogP contribution >= 0.6 is 11.8 Å². The number of ether oxygens (including phenoxy) is 2. The molecule has 0 spiro atoms. The van der Waals surface area contributed by atoms with Gasteiger partial charge in [-0.2, -0.15) is 11.8 Å². The van der Waals surface area contributed by atoms with E-state index in [2.05, 4.69) is 5.32 Å². The van der Waals surface area contributed by atoms with E-state index in [4.69, 9.17) is 15.2 Å². The fraction of sp³-hybridized carbons (Fsp3) is 0.571. The Balaban J connectivity index is 2.67. The molecule has 9 heteroatoms. The zero-order valence-electron chi connectivity index (χ0n) is 18.0. The maximum absolute atomic E-state index is 11.7. The molecule has 0 radical (unpaired) electrons. The van der Waals surface area contributed by atoms with Crippen LogP contribution in [-0.4, -0.2) is 45.9 Å². The van der Waals surface area contributed by atoms with Gasteiger partial charge < -0.3 is 25.6 Å². The molecule has 0 saturated heterocycles. The van der Waals surface area contributed by atoms with E-state index in [0.717, 1.165) is 11.1 Å². The Bertz CT molecular complexity index is 734. The number of aliphatic carboxylic acids is 1. The maximum atomic E-state index is 11.7. The van der Waals surface area contributed by atoms with Gasteiger partial charge in [-0.15, -0.1) is 0 Å². The number of nitrogens with two attached hydrogens (primary N) is 1. The van der Waals surface area contributed by atoms with Crippen molar-refractivity contribution in [3.05, 3.63) is 35.4 Å². The number of primary amides is 1. The highest BCUT2D eigenvalue weighted by Gasteiger charge is 2.29. The van der Waals surface area contributed by atoms with Crippen LogP contribution in [0.3, 0.4) is 0 Å². The first-order valence-electron chi connectivity index (χ1n) is 9.72. The van der Waals surface area contributed by atoms with Crippen molar-refractivity contribution in [1.82, 2.24) is 5.32 Å². The molecule has 168 valence electrons. The first-order valence-corrected chi connectivity index (χ1v) is 10.7. The van der Waals surface area contributed by atoms with E-state index >= 15 is 0 Å². The van der Waals surface area contributed by atoms with Crippen LogP contribution in [0.15, 0.2) is 24.3 Å². The summed E-state index contributed by atoms with van der Waals surface area (Å²) in [6.07, 6.45) is -0.190. The van der Waals surface area contributed by atoms with Crippen molar-refractivity contribution >= 4 is 29.9 Å². The highest BCUT2D eigenvalue weighted by Crippen LogP contribution is 2.34. The number of alkyl carbamates (subject to hydrolysis) is 1. The topological polar surface area (TPSA) is 128 Å². The molecule has 2 amide bonds. The molecule has 0 aromatic heterocycles. The summed E-state index contributed by atoms with van der Waals surface area (Å²) in [4.78, 5) is 34.1. The molecule has 0 saturated carbocycles. The number of carbonyl (C=O) groups excluding carboxylic acids is 2. The van der Waals surface area contributed by atoms with Crippen molar-refractivity contribution in [2.75, 3.05) is 12.3 Å². The van der Waals surface area contributed by atoms with Gasteiger partial charge in [-0.1, -0.05) is 24.3 Å². The van der Waals surface area contributed by atoms with Crippen LogP contribution in [0.5, 0.6) is 0 Å². The van der Waals surface area contributed by atoms with Gasteiger partial charge in [0.2, 0.25) is 0 Å². The molecule has 1 aromatic rings. The second kappa shape index (κ2) is 11.7. The van der Waals surface area contributed by atoms with E-state index in [0.29, 0.717) is 25.1 Å². The summed E-state index contributed by atoms with van der Waals surface area (Å²) in [5.41, 5.74) is 6.20. The molecular weight excluding hydrogens is 408 g/mol. The van der Waals surface area contributed by atoms with Crippen LogP contribution in [0.25, 0.3) is 0 Å². The molecule has 1 atom stereocenters. The average Bonchev–Trinajstić information content (AvgIpc) is 2.58. The Morgan fingerprint density at radius 1 is 1.13 bits per heavy atom.